The topological polar surface area (TPSA) is 152 Å². The van der Waals surface area contributed by atoms with E-state index in [0.29, 0.717) is 12.0 Å². The fraction of sp³-hybridized carbons (Fsp3) is 0.481. The summed E-state index contributed by atoms with van der Waals surface area (Å²) in [7, 11) is 0. The van der Waals surface area contributed by atoms with E-state index in [9.17, 15) is 27.6 Å². The number of hydrogen-bond donors (Lipinski definition) is 3. The molecule has 0 fully saturated rings. The zero-order chi connectivity index (χ0) is 30.2. The number of rotatable bonds is 12. The van der Waals surface area contributed by atoms with E-state index >= 15 is 0 Å². The molecule has 0 bridgehead atoms. The van der Waals surface area contributed by atoms with Gasteiger partial charge in [0.15, 0.2) is 0 Å². The Bertz CT molecular complexity index is 1300. The number of carbonyl (C=O) groups excluding carboxylic acids is 3. The zero-order valence-corrected chi connectivity index (χ0v) is 23.2. The van der Waals surface area contributed by atoms with Crippen molar-refractivity contribution in [1.82, 2.24) is 25.7 Å². The van der Waals surface area contributed by atoms with Crippen molar-refractivity contribution in [3.05, 3.63) is 48.0 Å². The third-order valence-electron chi connectivity index (χ3n) is 6.19. The maximum Gasteiger partial charge on any atom is 0.416 e. The number of Topliss-reactive ketones (excluding diaryl/α,β-unsaturated/α-hetero) is 1. The molecule has 2 aromatic heterocycles. The van der Waals surface area contributed by atoms with Crippen molar-refractivity contribution in [3.8, 4) is 11.5 Å². The number of alkyl halides is 3. The van der Waals surface area contributed by atoms with Crippen molar-refractivity contribution in [1.29, 1.82) is 0 Å². The van der Waals surface area contributed by atoms with E-state index in [4.69, 9.17) is 9.15 Å². The molecule has 0 saturated carbocycles. The molecule has 14 heteroatoms. The van der Waals surface area contributed by atoms with Gasteiger partial charge in [-0.3, -0.25) is 14.7 Å². The molecule has 3 aromatic rings. The number of aromatic nitrogens is 4. The van der Waals surface area contributed by atoms with Gasteiger partial charge in [-0.2, -0.15) is 18.3 Å². The van der Waals surface area contributed by atoms with Crippen LogP contribution in [0.15, 0.2) is 40.9 Å². The van der Waals surface area contributed by atoms with Crippen molar-refractivity contribution >= 4 is 23.6 Å². The number of amides is 2. The summed E-state index contributed by atoms with van der Waals surface area (Å²) < 4.78 is 49.8. The van der Waals surface area contributed by atoms with E-state index < -0.39 is 47.1 Å². The normalized spacial score (nSPS) is 13.3. The van der Waals surface area contributed by atoms with Crippen LogP contribution in [0.4, 0.5) is 23.8 Å². The first-order chi connectivity index (χ1) is 19.3. The van der Waals surface area contributed by atoms with Crippen molar-refractivity contribution in [2.45, 2.75) is 78.1 Å². The lowest BCUT2D eigenvalue weighted by atomic mass is 9.86. The smallest absolute Gasteiger partial charge is 0.416 e. The minimum absolute atomic E-state index is 0.0605. The predicted octanol–water partition coefficient (Wildman–Crippen LogP) is 5.32. The summed E-state index contributed by atoms with van der Waals surface area (Å²) in [4.78, 5) is 38.1. The minimum atomic E-state index is -4.46. The summed E-state index contributed by atoms with van der Waals surface area (Å²) >= 11 is 0. The van der Waals surface area contributed by atoms with E-state index in [0.717, 1.165) is 18.6 Å². The first-order valence-corrected chi connectivity index (χ1v) is 13.1. The zero-order valence-electron chi connectivity index (χ0n) is 23.2. The Balaban J connectivity index is 1.62. The highest BCUT2D eigenvalue weighted by molar-refractivity contribution is 6.42. The average Bonchev–Trinajstić information content (AvgIpc) is 3.60. The Morgan fingerprint density at radius 3 is 2.34 bits per heavy atom. The molecule has 2 heterocycles. The second-order valence-electron chi connectivity index (χ2n) is 10.5. The van der Waals surface area contributed by atoms with Gasteiger partial charge in [-0.1, -0.05) is 40.5 Å². The number of ether oxygens (including phenoxy) is 1. The summed E-state index contributed by atoms with van der Waals surface area (Å²) in [5.41, 5.74) is -0.977. The summed E-state index contributed by atoms with van der Waals surface area (Å²) in [5.74, 6) is -1.20. The van der Waals surface area contributed by atoms with E-state index in [1.165, 1.54) is 24.4 Å². The van der Waals surface area contributed by atoms with Crippen molar-refractivity contribution in [2.24, 2.45) is 5.41 Å². The SMILES string of the molecule is CCCC[C@H](NC(=O)O[C@H](CCc1nnc(-c2ccc(C(F)(F)F)cc2)o1)C(C)(C)C)C(=O)C(=O)Nc1ccn[nH]1. The summed E-state index contributed by atoms with van der Waals surface area (Å²) in [6.07, 6.45) is -2.47. The van der Waals surface area contributed by atoms with E-state index in [1.54, 1.807) is 0 Å². The number of alkyl carbamates (subject to hydrolysis) is 1. The number of H-pyrrole nitrogens is 1. The number of halogens is 3. The number of unbranched alkanes of at least 4 members (excludes halogenated alkanes) is 1. The molecule has 2 atom stereocenters. The number of aryl methyl sites for hydroxylation is 1. The number of carbonyl (C=O) groups is 3. The van der Waals surface area contributed by atoms with Crippen LogP contribution in [0, 0.1) is 5.41 Å². The molecule has 2 amide bonds. The number of ketones is 1. The van der Waals surface area contributed by atoms with Crippen LogP contribution in [0.3, 0.4) is 0 Å². The number of anilines is 1. The Hall–Kier alpha value is -4.23. The number of nitrogens with one attached hydrogen (secondary N) is 3. The highest BCUT2D eigenvalue weighted by Crippen LogP contribution is 2.31. The maximum absolute atomic E-state index is 12.9. The standard InChI is InChI=1S/C27H33F3N6O5/c1-5-6-7-18(22(37)23(38)33-20-14-15-31-34-20)32-25(39)40-19(26(2,3)4)12-13-21-35-36-24(41-21)16-8-10-17(11-9-16)27(28,29)30/h8-11,14-15,18-19H,5-7,12-13H2,1-4H3,(H,32,39)(H2,31,33,34,38)/t18-,19+/m0/s1. The van der Waals surface area contributed by atoms with E-state index in [2.05, 4.69) is 31.0 Å². The molecule has 3 rings (SSSR count). The second kappa shape index (κ2) is 13.4. The average molecular weight is 579 g/mol. The van der Waals surface area contributed by atoms with Gasteiger partial charge in [0, 0.05) is 18.1 Å². The second-order valence-corrected chi connectivity index (χ2v) is 10.5. The van der Waals surface area contributed by atoms with Gasteiger partial charge in [0.25, 0.3) is 5.91 Å². The van der Waals surface area contributed by atoms with Crippen LogP contribution in [-0.2, 0) is 26.9 Å². The van der Waals surface area contributed by atoms with Crippen molar-refractivity contribution in [2.75, 3.05) is 5.32 Å². The van der Waals surface area contributed by atoms with Crippen LogP contribution in [0.2, 0.25) is 0 Å². The molecule has 41 heavy (non-hydrogen) atoms. The molecule has 3 N–H and O–H groups in total. The van der Waals surface area contributed by atoms with Gasteiger partial charge in [-0.05, 0) is 42.5 Å². The first-order valence-electron chi connectivity index (χ1n) is 13.1. The van der Waals surface area contributed by atoms with Crippen LogP contribution in [0.1, 0.15) is 64.8 Å². The monoisotopic (exact) mass is 578 g/mol. The lowest BCUT2D eigenvalue weighted by molar-refractivity contribution is -0.137. The summed E-state index contributed by atoms with van der Waals surface area (Å²) in [6, 6.07) is 4.75. The number of aromatic amines is 1. The third-order valence-corrected chi connectivity index (χ3v) is 6.19. The number of benzene rings is 1. The Kier molecular flexibility index (Phi) is 10.2. The van der Waals surface area contributed by atoms with Gasteiger partial charge in [-0.25, -0.2) is 4.79 Å². The molecule has 11 nitrogen and oxygen atoms in total. The first kappa shape index (κ1) is 31.3. The molecule has 222 valence electrons. The van der Waals surface area contributed by atoms with Crippen molar-refractivity contribution < 1.29 is 36.7 Å². The van der Waals surface area contributed by atoms with Crippen LogP contribution in [0.5, 0.6) is 0 Å². The Labute approximate surface area is 234 Å². The Morgan fingerprint density at radius 1 is 1.05 bits per heavy atom. The van der Waals surface area contributed by atoms with Gasteiger partial charge in [0.2, 0.25) is 17.6 Å². The van der Waals surface area contributed by atoms with Crippen LogP contribution >= 0.6 is 0 Å². The molecule has 0 aliphatic carbocycles. The molecule has 0 spiro atoms. The largest absolute Gasteiger partial charge is 0.446 e. The highest BCUT2D eigenvalue weighted by atomic mass is 19.4. The van der Waals surface area contributed by atoms with E-state index in [-0.39, 0.29) is 36.9 Å². The van der Waals surface area contributed by atoms with Gasteiger partial charge in [-0.15, -0.1) is 10.2 Å². The lowest BCUT2D eigenvalue weighted by Crippen LogP contribution is -2.47. The number of nitrogens with zero attached hydrogens (tertiary/aromatic N) is 3. The van der Waals surface area contributed by atoms with Crippen molar-refractivity contribution in [3.63, 3.8) is 0 Å². The van der Waals surface area contributed by atoms with Crippen LogP contribution in [0.25, 0.3) is 11.5 Å². The van der Waals surface area contributed by atoms with E-state index in [1.807, 2.05) is 27.7 Å². The molecule has 0 unspecified atom stereocenters. The molecular weight excluding hydrogens is 545 g/mol. The lowest BCUT2D eigenvalue weighted by Gasteiger charge is -2.30. The molecule has 0 aliphatic heterocycles. The van der Waals surface area contributed by atoms with Gasteiger partial charge in [0.05, 0.1) is 11.8 Å². The fourth-order valence-corrected chi connectivity index (χ4v) is 3.85. The fourth-order valence-electron chi connectivity index (χ4n) is 3.85. The quantitative estimate of drug-likeness (QED) is 0.244. The Morgan fingerprint density at radius 2 is 1.76 bits per heavy atom. The molecular formula is C27H33F3N6O5. The maximum atomic E-state index is 12.9. The van der Waals surface area contributed by atoms with Crippen LogP contribution < -0.4 is 10.6 Å². The molecule has 1 aromatic carbocycles. The van der Waals surface area contributed by atoms with Gasteiger partial charge < -0.3 is 19.8 Å². The molecule has 0 saturated heterocycles. The summed E-state index contributed by atoms with van der Waals surface area (Å²) in [5, 5.41) is 19.0. The molecule has 0 aliphatic rings. The predicted molar refractivity (Wildman–Crippen MR) is 141 cm³/mol. The molecule has 0 radical (unpaired) electrons. The van der Waals surface area contributed by atoms with Gasteiger partial charge >= 0.3 is 12.3 Å². The van der Waals surface area contributed by atoms with Gasteiger partial charge in [0.1, 0.15) is 18.0 Å². The third kappa shape index (κ3) is 9.15. The number of hydrogen-bond acceptors (Lipinski definition) is 8. The minimum Gasteiger partial charge on any atom is -0.446 e. The summed E-state index contributed by atoms with van der Waals surface area (Å²) in [6.45, 7) is 7.51. The van der Waals surface area contributed by atoms with Crippen LogP contribution in [-0.4, -0.2) is 50.3 Å². The highest BCUT2D eigenvalue weighted by Gasteiger charge is 2.33.